The smallest absolute Gasteiger partial charge is 0.0160 e. The van der Waals surface area contributed by atoms with Gasteiger partial charge in [0.2, 0.25) is 0 Å². The lowest BCUT2D eigenvalue weighted by Gasteiger charge is -2.22. The number of rotatable bonds is 2. The predicted molar refractivity (Wildman–Crippen MR) is 65.6 cm³/mol. The maximum absolute atomic E-state index is 2.33. The van der Waals surface area contributed by atoms with Crippen molar-refractivity contribution < 1.29 is 0 Å². The lowest BCUT2D eigenvalue weighted by Crippen LogP contribution is -2.27. The number of benzene rings is 1. The minimum absolute atomic E-state index is 0.559. The molecular weight excluding hydrogens is 182 g/mol. The Morgan fingerprint density at radius 1 is 1.27 bits per heavy atom. The first kappa shape index (κ1) is 10.2. The van der Waals surface area contributed by atoms with Crippen LogP contribution in [-0.4, -0.2) is 25.0 Å². The number of nitrogens with zero attached hydrogens (tertiary/aromatic N) is 1. The largest absolute Gasteiger partial charge is 0.302 e. The molecule has 78 valence electrons. The van der Waals surface area contributed by atoms with Crippen LogP contribution in [-0.2, 0) is 0 Å². The topological polar surface area (TPSA) is 3.24 Å². The van der Waals surface area contributed by atoms with E-state index < -0.39 is 0 Å². The second-order valence-electron chi connectivity index (χ2n) is 4.08. The minimum atomic E-state index is 0.559. The maximum Gasteiger partial charge on any atom is 0.0160 e. The van der Waals surface area contributed by atoms with E-state index in [1.807, 2.05) is 6.07 Å². The summed E-state index contributed by atoms with van der Waals surface area (Å²) in [6.45, 7) is 2.20. The van der Waals surface area contributed by atoms with Gasteiger partial charge in [-0.3, -0.25) is 0 Å². The van der Waals surface area contributed by atoms with Crippen LogP contribution in [0.15, 0.2) is 48.6 Å². The third-order valence-electron chi connectivity index (χ3n) is 2.66. The molecule has 1 unspecified atom stereocenters. The van der Waals surface area contributed by atoms with E-state index in [9.17, 15) is 0 Å². The molecule has 0 fully saturated rings. The van der Waals surface area contributed by atoms with Crippen LogP contribution >= 0.6 is 0 Å². The molecule has 1 heteroatoms. The fourth-order valence-corrected chi connectivity index (χ4v) is 1.83. The van der Waals surface area contributed by atoms with Gasteiger partial charge in [0, 0.05) is 19.0 Å². The van der Waals surface area contributed by atoms with Crippen molar-refractivity contribution in [3.05, 3.63) is 54.1 Å². The van der Waals surface area contributed by atoms with Gasteiger partial charge in [0.05, 0.1) is 0 Å². The molecule has 0 spiro atoms. The highest BCUT2D eigenvalue weighted by atomic mass is 15.1. The van der Waals surface area contributed by atoms with Gasteiger partial charge in [-0.15, -0.1) is 0 Å². The third-order valence-corrected chi connectivity index (χ3v) is 2.66. The Labute approximate surface area is 91.7 Å². The second-order valence-corrected chi connectivity index (χ2v) is 4.08. The maximum atomic E-state index is 2.33. The zero-order valence-corrected chi connectivity index (χ0v) is 9.13. The van der Waals surface area contributed by atoms with E-state index in [1.165, 1.54) is 5.56 Å². The van der Waals surface area contributed by atoms with Crippen LogP contribution in [0.1, 0.15) is 5.56 Å². The highest BCUT2D eigenvalue weighted by molar-refractivity contribution is 5.49. The van der Waals surface area contributed by atoms with Crippen LogP contribution < -0.4 is 0 Å². The van der Waals surface area contributed by atoms with E-state index in [4.69, 9.17) is 0 Å². The van der Waals surface area contributed by atoms with Crippen molar-refractivity contribution in [2.45, 2.75) is 0 Å². The molecule has 0 aliphatic carbocycles. The summed E-state index contributed by atoms with van der Waals surface area (Å²) in [7, 11) is 2.16. The molecule has 2 rings (SSSR count). The summed E-state index contributed by atoms with van der Waals surface area (Å²) < 4.78 is 0. The molecule has 0 radical (unpaired) electrons. The van der Waals surface area contributed by atoms with Gasteiger partial charge in [-0.25, -0.2) is 0 Å². The number of likely N-dealkylation sites (N-methyl/N-ethyl adjacent to an activating group) is 1. The first-order chi connectivity index (χ1) is 7.34. The summed E-state index contributed by atoms with van der Waals surface area (Å²) in [6, 6.07) is 10.5. The summed E-state index contributed by atoms with van der Waals surface area (Å²) in [4.78, 5) is 2.33. The lowest BCUT2D eigenvalue weighted by atomic mass is 10.0. The van der Waals surface area contributed by atoms with Gasteiger partial charge in [-0.2, -0.15) is 0 Å². The molecule has 1 aliphatic rings. The summed E-state index contributed by atoms with van der Waals surface area (Å²) >= 11 is 0. The molecule has 1 aliphatic heterocycles. The minimum Gasteiger partial charge on any atom is -0.302 e. The van der Waals surface area contributed by atoms with Gasteiger partial charge < -0.3 is 4.90 Å². The Balaban J connectivity index is 2.00. The van der Waals surface area contributed by atoms with Crippen molar-refractivity contribution in [3.8, 4) is 0 Å². The van der Waals surface area contributed by atoms with Crippen molar-refractivity contribution in [1.82, 2.24) is 4.90 Å². The van der Waals surface area contributed by atoms with Gasteiger partial charge in [-0.05, 0) is 12.6 Å². The lowest BCUT2D eigenvalue weighted by molar-refractivity contribution is 0.336. The molecule has 1 heterocycles. The van der Waals surface area contributed by atoms with E-state index in [-0.39, 0.29) is 0 Å². The zero-order valence-electron chi connectivity index (χ0n) is 9.13. The van der Waals surface area contributed by atoms with Crippen LogP contribution in [0.4, 0.5) is 0 Å². The summed E-state index contributed by atoms with van der Waals surface area (Å²) in [5, 5.41) is 0. The van der Waals surface area contributed by atoms with E-state index in [1.54, 1.807) is 0 Å². The van der Waals surface area contributed by atoms with Crippen LogP contribution in [0, 0.1) is 5.92 Å². The van der Waals surface area contributed by atoms with Gasteiger partial charge in [0.25, 0.3) is 0 Å². The Kier molecular flexibility index (Phi) is 3.36. The van der Waals surface area contributed by atoms with Crippen LogP contribution in [0.2, 0.25) is 0 Å². The molecule has 1 atom stereocenters. The van der Waals surface area contributed by atoms with Crippen molar-refractivity contribution in [1.29, 1.82) is 0 Å². The third kappa shape index (κ3) is 3.07. The molecule has 0 bridgehead atoms. The predicted octanol–water partition coefficient (Wildman–Crippen LogP) is 2.82. The molecule has 1 aromatic carbocycles. The molecule has 1 aromatic rings. The highest BCUT2D eigenvalue weighted by Gasteiger charge is 2.08. The number of hydrogen-bond donors (Lipinski definition) is 0. The average Bonchev–Trinajstić information content (AvgIpc) is 2.28. The first-order valence-corrected chi connectivity index (χ1v) is 5.43. The molecule has 0 aromatic heterocycles. The standard InChI is InChI=1S/C14H17N/c1-15-11-5-8-14(12-15)10-9-13-6-3-2-4-7-13/h2-10,14H,11-12H2,1H3. The molecule has 1 nitrogen and oxygen atoms in total. The monoisotopic (exact) mass is 199 g/mol. The molecule has 0 saturated carbocycles. The Hall–Kier alpha value is -1.34. The average molecular weight is 199 g/mol. The van der Waals surface area contributed by atoms with E-state index in [0.29, 0.717) is 5.92 Å². The van der Waals surface area contributed by atoms with Crippen molar-refractivity contribution in [2.75, 3.05) is 20.1 Å². The van der Waals surface area contributed by atoms with Crippen molar-refractivity contribution >= 4 is 6.08 Å². The Bertz CT molecular complexity index is 351. The molecule has 0 N–H and O–H groups in total. The van der Waals surface area contributed by atoms with E-state index in [0.717, 1.165) is 13.1 Å². The van der Waals surface area contributed by atoms with Crippen LogP contribution in [0.3, 0.4) is 0 Å². The fraction of sp³-hybridized carbons (Fsp3) is 0.286. The molecular formula is C14H17N. The molecule has 15 heavy (non-hydrogen) atoms. The van der Waals surface area contributed by atoms with Gasteiger partial charge in [-0.1, -0.05) is 54.6 Å². The summed E-state index contributed by atoms with van der Waals surface area (Å²) in [5.74, 6) is 0.559. The van der Waals surface area contributed by atoms with Gasteiger partial charge in [0.15, 0.2) is 0 Å². The van der Waals surface area contributed by atoms with Gasteiger partial charge >= 0.3 is 0 Å². The normalized spacial score (nSPS) is 22.3. The van der Waals surface area contributed by atoms with Gasteiger partial charge in [0.1, 0.15) is 0 Å². The van der Waals surface area contributed by atoms with Crippen molar-refractivity contribution in [3.63, 3.8) is 0 Å². The van der Waals surface area contributed by atoms with E-state index in [2.05, 4.69) is 60.5 Å². The zero-order chi connectivity index (χ0) is 10.5. The highest BCUT2D eigenvalue weighted by Crippen LogP contribution is 2.11. The van der Waals surface area contributed by atoms with Crippen LogP contribution in [0.25, 0.3) is 6.08 Å². The van der Waals surface area contributed by atoms with Crippen molar-refractivity contribution in [2.24, 2.45) is 5.92 Å². The first-order valence-electron chi connectivity index (χ1n) is 5.43. The van der Waals surface area contributed by atoms with E-state index >= 15 is 0 Å². The quantitative estimate of drug-likeness (QED) is 0.662. The second kappa shape index (κ2) is 4.94. The number of hydrogen-bond acceptors (Lipinski definition) is 1. The Morgan fingerprint density at radius 2 is 2.07 bits per heavy atom. The summed E-state index contributed by atoms with van der Waals surface area (Å²) in [5.41, 5.74) is 1.28. The molecule has 0 saturated heterocycles. The summed E-state index contributed by atoms with van der Waals surface area (Å²) in [6.07, 6.45) is 9.01. The molecule has 0 amide bonds. The van der Waals surface area contributed by atoms with Crippen LogP contribution in [0.5, 0.6) is 0 Å². The SMILES string of the molecule is CN1CC=CC(C=Cc2ccccc2)C1. The fourth-order valence-electron chi connectivity index (χ4n) is 1.83. The Morgan fingerprint density at radius 3 is 2.80 bits per heavy atom.